The highest BCUT2D eigenvalue weighted by molar-refractivity contribution is 9.10. The molecule has 17 heavy (non-hydrogen) atoms. The van der Waals surface area contributed by atoms with Crippen LogP contribution in [0.1, 0.15) is 29.2 Å². The van der Waals surface area contributed by atoms with Gasteiger partial charge in [0, 0.05) is 15.4 Å². The van der Waals surface area contributed by atoms with Crippen molar-refractivity contribution in [1.29, 1.82) is 0 Å². The summed E-state index contributed by atoms with van der Waals surface area (Å²) in [5.41, 5.74) is 3.35. The molecule has 0 bridgehead atoms. The van der Waals surface area contributed by atoms with E-state index in [2.05, 4.69) is 41.9 Å². The lowest BCUT2D eigenvalue weighted by Gasteiger charge is -2.24. The fourth-order valence-corrected chi connectivity index (χ4v) is 3.61. The van der Waals surface area contributed by atoms with Crippen LogP contribution in [-0.2, 0) is 5.60 Å². The lowest BCUT2D eigenvalue weighted by molar-refractivity contribution is 0.102. The van der Waals surface area contributed by atoms with Gasteiger partial charge in [-0.1, -0.05) is 18.2 Å². The molecule has 0 saturated heterocycles. The highest BCUT2D eigenvalue weighted by atomic mass is 79.9. The lowest BCUT2D eigenvalue weighted by atomic mass is 9.88. The van der Waals surface area contributed by atoms with Gasteiger partial charge in [-0.2, -0.15) is 11.3 Å². The zero-order valence-corrected chi connectivity index (χ0v) is 12.5. The van der Waals surface area contributed by atoms with Gasteiger partial charge in [-0.15, -0.1) is 0 Å². The summed E-state index contributed by atoms with van der Waals surface area (Å²) in [7, 11) is 0. The van der Waals surface area contributed by atoms with Crippen LogP contribution in [0.15, 0.2) is 33.4 Å². The number of hydrogen-bond acceptors (Lipinski definition) is 2. The Morgan fingerprint density at radius 2 is 1.88 bits per heavy atom. The van der Waals surface area contributed by atoms with Crippen LogP contribution < -0.4 is 0 Å². The maximum Gasteiger partial charge on any atom is 0.114 e. The fourth-order valence-electron chi connectivity index (χ4n) is 1.83. The van der Waals surface area contributed by atoms with Crippen molar-refractivity contribution in [2.24, 2.45) is 0 Å². The Morgan fingerprint density at radius 3 is 2.41 bits per heavy atom. The Balaban J connectivity index is 2.51. The minimum absolute atomic E-state index is 0.922. The molecule has 2 aromatic rings. The number of hydrogen-bond donors (Lipinski definition) is 1. The third-order valence-corrected chi connectivity index (χ3v) is 4.91. The van der Waals surface area contributed by atoms with E-state index in [0.717, 1.165) is 15.6 Å². The van der Waals surface area contributed by atoms with Crippen molar-refractivity contribution in [2.75, 3.05) is 0 Å². The van der Waals surface area contributed by atoms with E-state index in [4.69, 9.17) is 0 Å². The summed E-state index contributed by atoms with van der Waals surface area (Å²) < 4.78 is 0.964. The van der Waals surface area contributed by atoms with Gasteiger partial charge in [0.1, 0.15) is 5.60 Å². The fraction of sp³-hybridized carbons (Fsp3) is 0.286. The van der Waals surface area contributed by atoms with Crippen molar-refractivity contribution < 1.29 is 5.11 Å². The van der Waals surface area contributed by atoms with Crippen molar-refractivity contribution in [3.63, 3.8) is 0 Å². The van der Waals surface area contributed by atoms with Crippen LogP contribution in [0.3, 0.4) is 0 Å². The van der Waals surface area contributed by atoms with Crippen LogP contribution in [0.25, 0.3) is 0 Å². The van der Waals surface area contributed by atoms with E-state index in [1.54, 1.807) is 11.3 Å². The number of aryl methyl sites for hydroxylation is 2. The van der Waals surface area contributed by atoms with E-state index in [0.29, 0.717) is 0 Å². The molecule has 1 N–H and O–H groups in total. The molecule has 2 rings (SSSR count). The van der Waals surface area contributed by atoms with E-state index in [1.807, 2.05) is 23.8 Å². The first-order valence-electron chi connectivity index (χ1n) is 5.45. The molecular formula is C14H15BrOS. The van der Waals surface area contributed by atoms with Gasteiger partial charge >= 0.3 is 0 Å². The second-order valence-electron chi connectivity index (χ2n) is 4.50. The molecular weight excluding hydrogens is 296 g/mol. The number of rotatable bonds is 2. The summed E-state index contributed by atoms with van der Waals surface area (Å²) in [6, 6.07) is 6.10. The average molecular weight is 311 g/mol. The lowest BCUT2D eigenvalue weighted by Crippen LogP contribution is -2.22. The Kier molecular flexibility index (Phi) is 3.43. The molecule has 0 aliphatic carbocycles. The quantitative estimate of drug-likeness (QED) is 0.872. The van der Waals surface area contributed by atoms with Crippen LogP contribution >= 0.6 is 27.3 Å². The Hall–Kier alpha value is -0.640. The van der Waals surface area contributed by atoms with Crippen molar-refractivity contribution in [3.05, 3.63) is 55.7 Å². The first kappa shape index (κ1) is 12.8. The van der Waals surface area contributed by atoms with Crippen molar-refractivity contribution in [1.82, 2.24) is 0 Å². The minimum Gasteiger partial charge on any atom is -0.381 e. The molecule has 1 nitrogen and oxygen atoms in total. The molecule has 0 aliphatic rings. The highest BCUT2D eigenvalue weighted by Crippen LogP contribution is 2.36. The Labute approximate surface area is 114 Å². The molecule has 1 unspecified atom stereocenters. The molecule has 0 radical (unpaired) electrons. The van der Waals surface area contributed by atoms with E-state index in [-0.39, 0.29) is 0 Å². The van der Waals surface area contributed by atoms with Gasteiger partial charge in [-0.05, 0) is 58.8 Å². The van der Waals surface area contributed by atoms with Gasteiger partial charge < -0.3 is 5.11 Å². The zero-order chi connectivity index (χ0) is 12.6. The standard InChI is InChI=1S/C14H15BrOS/c1-9-4-5-11(6-10(9)2)14(3,16)12-7-17-8-13(12)15/h4-8,16H,1-3H3. The van der Waals surface area contributed by atoms with Crippen molar-refractivity contribution in [2.45, 2.75) is 26.4 Å². The summed E-state index contributed by atoms with van der Waals surface area (Å²) >= 11 is 5.07. The maximum atomic E-state index is 10.7. The molecule has 0 spiro atoms. The summed E-state index contributed by atoms with van der Waals surface area (Å²) in [6.07, 6.45) is 0. The smallest absolute Gasteiger partial charge is 0.114 e. The van der Waals surface area contributed by atoms with E-state index >= 15 is 0 Å². The topological polar surface area (TPSA) is 20.2 Å². The monoisotopic (exact) mass is 310 g/mol. The predicted octanol–water partition coefficient (Wildman–Crippen LogP) is 4.38. The second-order valence-corrected chi connectivity index (χ2v) is 6.10. The number of thiophene rings is 1. The van der Waals surface area contributed by atoms with E-state index < -0.39 is 5.60 Å². The summed E-state index contributed by atoms with van der Waals surface area (Å²) in [6.45, 7) is 5.98. The number of aliphatic hydroxyl groups is 1. The zero-order valence-electron chi connectivity index (χ0n) is 10.1. The highest BCUT2D eigenvalue weighted by Gasteiger charge is 2.28. The number of halogens is 1. The summed E-state index contributed by atoms with van der Waals surface area (Å²) in [5, 5.41) is 14.7. The van der Waals surface area contributed by atoms with Gasteiger partial charge in [0.2, 0.25) is 0 Å². The van der Waals surface area contributed by atoms with Gasteiger partial charge in [0.15, 0.2) is 0 Å². The first-order valence-corrected chi connectivity index (χ1v) is 7.19. The molecule has 1 aromatic carbocycles. The summed E-state index contributed by atoms with van der Waals surface area (Å²) in [4.78, 5) is 0. The molecule has 0 fully saturated rings. The largest absolute Gasteiger partial charge is 0.381 e. The normalized spacial score (nSPS) is 14.6. The number of benzene rings is 1. The molecule has 1 heterocycles. The third-order valence-electron chi connectivity index (χ3n) is 3.21. The van der Waals surface area contributed by atoms with Gasteiger partial charge in [-0.25, -0.2) is 0 Å². The van der Waals surface area contributed by atoms with Crippen molar-refractivity contribution in [3.8, 4) is 0 Å². The van der Waals surface area contributed by atoms with Crippen molar-refractivity contribution >= 4 is 27.3 Å². The van der Waals surface area contributed by atoms with Crippen LogP contribution in [0.4, 0.5) is 0 Å². The minimum atomic E-state index is -0.947. The molecule has 3 heteroatoms. The Bertz CT molecular complexity index is 543. The second kappa shape index (κ2) is 4.56. The molecule has 1 atom stereocenters. The first-order chi connectivity index (χ1) is 7.93. The summed E-state index contributed by atoms with van der Waals surface area (Å²) in [5.74, 6) is 0. The van der Waals surface area contributed by atoms with Crippen LogP contribution in [0.5, 0.6) is 0 Å². The molecule has 1 aromatic heterocycles. The molecule has 0 amide bonds. The molecule has 0 saturated carbocycles. The van der Waals surface area contributed by atoms with Gasteiger partial charge in [-0.3, -0.25) is 0 Å². The van der Waals surface area contributed by atoms with Crippen LogP contribution in [-0.4, -0.2) is 5.11 Å². The third kappa shape index (κ3) is 2.32. The predicted molar refractivity (Wildman–Crippen MR) is 76.6 cm³/mol. The average Bonchev–Trinajstić information content (AvgIpc) is 2.69. The Morgan fingerprint density at radius 1 is 1.18 bits per heavy atom. The van der Waals surface area contributed by atoms with Crippen LogP contribution in [0.2, 0.25) is 0 Å². The van der Waals surface area contributed by atoms with Gasteiger partial charge in [0.25, 0.3) is 0 Å². The van der Waals surface area contributed by atoms with Crippen LogP contribution in [0, 0.1) is 13.8 Å². The maximum absolute atomic E-state index is 10.7. The molecule has 90 valence electrons. The van der Waals surface area contributed by atoms with Gasteiger partial charge in [0.05, 0.1) is 0 Å². The molecule has 0 aliphatic heterocycles. The van der Waals surface area contributed by atoms with E-state index in [9.17, 15) is 5.11 Å². The SMILES string of the molecule is Cc1ccc(C(C)(O)c2cscc2Br)cc1C. The van der Waals surface area contributed by atoms with E-state index in [1.165, 1.54) is 11.1 Å².